The van der Waals surface area contributed by atoms with Crippen molar-refractivity contribution in [2.45, 2.75) is 13.1 Å². The molecule has 0 radical (unpaired) electrons. The van der Waals surface area contributed by atoms with Crippen LogP contribution in [0.15, 0.2) is 160 Å². The lowest BCUT2D eigenvalue weighted by Gasteiger charge is -2.24. The molecule has 3 heterocycles. The summed E-state index contributed by atoms with van der Waals surface area (Å²) in [5, 5.41) is 4.61. The SMILES string of the molecule is c1ccc(N2Cc3ccc(-c4ccc5c(c4)oc4ccccc45)cc3-c3cc(-c4cccc5oc6ccccc6c45)ccc3C2)cc1. The Labute approximate surface area is 271 Å². The van der Waals surface area contributed by atoms with Crippen LogP contribution >= 0.6 is 0 Å². The predicted molar refractivity (Wildman–Crippen MR) is 194 cm³/mol. The van der Waals surface area contributed by atoms with Crippen molar-refractivity contribution >= 4 is 49.6 Å². The highest BCUT2D eigenvalue weighted by Gasteiger charge is 2.22. The molecule has 0 N–H and O–H groups in total. The van der Waals surface area contributed by atoms with E-state index in [0.717, 1.165) is 62.5 Å². The van der Waals surface area contributed by atoms with Crippen molar-refractivity contribution in [3.05, 3.63) is 163 Å². The third-order valence-electron chi connectivity index (χ3n) is 9.78. The average molecular weight is 604 g/mol. The van der Waals surface area contributed by atoms with Crippen molar-refractivity contribution in [3.63, 3.8) is 0 Å². The summed E-state index contributed by atoms with van der Waals surface area (Å²) in [5.74, 6) is 0. The molecule has 0 spiro atoms. The van der Waals surface area contributed by atoms with Crippen LogP contribution in [0, 0.1) is 0 Å². The van der Waals surface area contributed by atoms with Gasteiger partial charge >= 0.3 is 0 Å². The van der Waals surface area contributed by atoms with Crippen LogP contribution in [-0.4, -0.2) is 0 Å². The summed E-state index contributed by atoms with van der Waals surface area (Å²) >= 11 is 0. The highest BCUT2D eigenvalue weighted by molar-refractivity contribution is 6.12. The van der Waals surface area contributed by atoms with E-state index >= 15 is 0 Å². The molecule has 0 aliphatic carbocycles. The molecule has 47 heavy (non-hydrogen) atoms. The largest absolute Gasteiger partial charge is 0.456 e. The van der Waals surface area contributed by atoms with E-state index in [1.54, 1.807) is 0 Å². The molecule has 2 aromatic heterocycles. The van der Waals surface area contributed by atoms with Crippen molar-refractivity contribution in [2.75, 3.05) is 4.90 Å². The molecule has 10 rings (SSSR count). The number of para-hydroxylation sites is 3. The van der Waals surface area contributed by atoms with Crippen molar-refractivity contribution in [1.82, 2.24) is 0 Å². The number of nitrogens with zero attached hydrogens (tertiary/aromatic N) is 1. The van der Waals surface area contributed by atoms with Gasteiger partial charge in [-0.15, -0.1) is 0 Å². The average Bonchev–Trinajstić information content (AvgIpc) is 3.65. The van der Waals surface area contributed by atoms with Gasteiger partial charge in [0.05, 0.1) is 0 Å². The van der Waals surface area contributed by atoms with Crippen LogP contribution in [-0.2, 0) is 13.1 Å². The third-order valence-corrected chi connectivity index (χ3v) is 9.78. The summed E-state index contributed by atoms with van der Waals surface area (Å²) in [6, 6.07) is 54.3. The van der Waals surface area contributed by atoms with E-state index in [-0.39, 0.29) is 0 Å². The number of furan rings is 2. The van der Waals surface area contributed by atoms with Gasteiger partial charge in [0.15, 0.2) is 0 Å². The van der Waals surface area contributed by atoms with E-state index < -0.39 is 0 Å². The number of hydrogen-bond donors (Lipinski definition) is 0. The van der Waals surface area contributed by atoms with Gasteiger partial charge in [-0.1, -0.05) is 97.1 Å². The van der Waals surface area contributed by atoms with Crippen LogP contribution in [0.2, 0.25) is 0 Å². The number of fused-ring (bicyclic) bond motifs is 9. The summed E-state index contributed by atoms with van der Waals surface area (Å²) < 4.78 is 12.5. The monoisotopic (exact) mass is 603 g/mol. The Morgan fingerprint density at radius 1 is 0.383 bits per heavy atom. The molecule has 1 aliphatic heterocycles. The van der Waals surface area contributed by atoms with Gasteiger partial charge in [0.1, 0.15) is 22.3 Å². The van der Waals surface area contributed by atoms with Crippen molar-refractivity contribution in [3.8, 4) is 33.4 Å². The van der Waals surface area contributed by atoms with E-state index in [2.05, 4.69) is 138 Å². The number of anilines is 1. The molecule has 0 saturated heterocycles. The minimum atomic E-state index is 0.827. The van der Waals surface area contributed by atoms with Gasteiger partial charge < -0.3 is 13.7 Å². The van der Waals surface area contributed by atoms with Gasteiger partial charge in [-0.3, -0.25) is 0 Å². The van der Waals surface area contributed by atoms with E-state index in [4.69, 9.17) is 8.83 Å². The van der Waals surface area contributed by atoms with Gasteiger partial charge in [0.25, 0.3) is 0 Å². The fourth-order valence-electron chi connectivity index (χ4n) is 7.49. The lowest BCUT2D eigenvalue weighted by Crippen LogP contribution is -2.20. The minimum Gasteiger partial charge on any atom is -0.456 e. The molecule has 0 unspecified atom stereocenters. The maximum Gasteiger partial charge on any atom is 0.136 e. The van der Waals surface area contributed by atoms with Crippen LogP contribution in [0.5, 0.6) is 0 Å². The van der Waals surface area contributed by atoms with Crippen LogP contribution in [0.4, 0.5) is 5.69 Å². The van der Waals surface area contributed by atoms with Crippen LogP contribution in [0.1, 0.15) is 11.1 Å². The van der Waals surface area contributed by atoms with E-state index in [1.807, 2.05) is 18.2 Å². The molecule has 9 aromatic rings. The molecule has 0 amide bonds. The maximum atomic E-state index is 6.28. The summed E-state index contributed by atoms with van der Waals surface area (Å²) in [6.07, 6.45) is 0. The van der Waals surface area contributed by atoms with Crippen LogP contribution < -0.4 is 4.90 Å². The van der Waals surface area contributed by atoms with Crippen molar-refractivity contribution in [1.29, 1.82) is 0 Å². The Morgan fingerprint density at radius 2 is 0.957 bits per heavy atom. The minimum absolute atomic E-state index is 0.827. The maximum absolute atomic E-state index is 6.28. The smallest absolute Gasteiger partial charge is 0.136 e. The summed E-state index contributed by atoms with van der Waals surface area (Å²) in [4.78, 5) is 2.48. The number of benzene rings is 7. The van der Waals surface area contributed by atoms with Crippen LogP contribution in [0.25, 0.3) is 77.3 Å². The molecular weight excluding hydrogens is 574 g/mol. The van der Waals surface area contributed by atoms with E-state index in [0.29, 0.717) is 0 Å². The van der Waals surface area contributed by atoms with Crippen molar-refractivity contribution in [2.24, 2.45) is 0 Å². The quantitative estimate of drug-likeness (QED) is 0.201. The standard InChI is InChI=1S/C44H29NO2/c1-2-9-33(10-3-1)45-26-31-19-17-28(29-21-22-36-35-11-4-6-14-40(35)47-43(36)25-29)23-38(31)39-24-30(18-20-32(39)27-45)34-13-8-16-42-44(34)37-12-5-7-15-41(37)46-42/h1-25H,26-27H2. The number of rotatable bonds is 3. The predicted octanol–water partition coefficient (Wildman–Crippen LogP) is 12.0. The highest BCUT2D eigenvalue weighted by Crippen LogP contribution is 2.42. The summed E-state index contributed by atoms with van der Waals surface area (Å²) in [5.41, 5.74) is 14.8. The molecule has 1 aliphatic rings. The second kappa shape index (κ2) is 10.2. The van der Waals surface area contributed by atoms with Crippen LogP contribution in [0.3, 0.4) is 0 Å². The lowest BCUT2D eigenvalue weighted by molar-refractivity contribution is 0.668. The summed E-state index contributed by atoms with van der Waals surface area (Å²) in [6.45, 7) is 1.65. The number of hydrogen-bond acceptors (Lipinski definition) is 3. The Hall–Kier alpha value is -6.06. The highest BCUT2D eigenvalue weighted by atomic mass is 16.3. The van der Waals surface area contributed by atoms with Gasteiger partial charge in [-0.25, -0.2) is 0 Å². The first kappa shape index (κ1) is 26.2. The molecule has 0 saturated carbocycles. The zero-order valence-electron chi connectivity index (χ0n) is 25.6. The zero-order valence-corrected chi connectivity index (χ0v) is 25.6. The molecule has 3 heteroatoms. The molecule has 222 valence electrons. The second-order valence-electron chi connectivity index (χ2n) is 12.5. The molecule has 7 aromatic carbocycles. The Bertz CT molecular complexity index is 2640. The summed E-state index contributed by atoms with van der Waals surface area (Å²) in [7, 11) is 0. The van der Waals surface area contributed by atoms with E-state index in [9.17, 15) is 0 Å². The Kier molecular flexibility index (Phi) is 5.70. The topological polar surface area (TPSA) is 29.5 Å². The molecule has 0 fully saturated rings. The molecule has 0 atom stereocenters. The van der Waals surface area contributed by atoms with Gasteiger partial charge in [0, 0.05) is 40.3 Å². The lowest BCUT2D eigenvalue weighted by atomic mass is 9.89. The van der Waals surface area contributed by atoms with Gasteiger partial charge in [0.2, 0.25) is 0 Å². The second-order valence-corrected chi connectivity index (χ2v) is 12.5. The van der Waals surface area contributed by atoms with Crippen molar-refractivity contribution < 1.29 is 8.83 Å². The first-order valence-electron chi connectivity index (χ1n) is 16.2. The molecular formula is C44H29NO2. The Morgan fingerprint density at radius 3 is 1.77 bits per heavy atom. The first-order valence-corrected chi connectivity index (χ1v) is 16.2. The fourth-order valence-corrected chi connectivity index (χ4v) is 7.49. The molecule has 0 bridgehead atoms. The molecule has 3 nitrogen and oxygen atoms in total. The van der Waals surface area contributed by atoms with E-state index in [1.165, 1.54) is 44.6 Å². The normalized spacial score (nSPS) is 12.9. The fraction of sp³-hybridized carbons (Fsp3) is 0.0455. The van der Waals surface area contributed by atoms with Gasteiger partial charge in [-0.2, -0.15) is 0 Å². The van der Waals surface area contributed by atoms with Gasteiger partial charge in [-0.05, 0) is 99.1 Å². The third kappa shape index (κ3) is 4.20. The first-order chi connectivity index (χ1) is 23.3. The Balaban J connectivity index is 1.16. The zero-order chi connectivity index (χ0) is 30.9.